The minimum absolute atomic E-state index is 0.233. The molecule has 1 unspecified atom stereocenters. The minimum atomic E-state index is -1.60. The van der Waals surface area contributed by atoms with Gasteiger partial charge in [0.2, 0.25) is 0 Å². The van der Waals surface area contributed by atoms with Crippen LogP contribution in [-0.4, -0.2) is 12.6 Å². The van der Waals surface area contributed by atoms with Gasteiger partial charge in [-0.1, -0.05) is 135 Å². The summed E-state index contributed by atoms with van der Waals surface area (Å²) < 4.78 is 9.32. The lowest BCUT2D eigenvalue weighted by atomic mass is 9.85. The maximum Gasteiger partial charge on any atom is 0.139 e. The van der Waals surface area contributed by atoms with Gasteiger partial charge in [0, 0.05) is 38.7 Å². The van der Waals surface area contributed by atoms with Crippen molar-refractivity contribution in [3.63, 3.8) is 0 Å². The number of hydrogen-bond acceptors (Lipinski definition) is 1. The predicted molar refractivity (Wildman–Crippen MR) is 219 cm³/mol. The van der Waals surface area contributed by atoms with Crippen LogP contribution in [0.3, 0.4) is 0 Å². The van der Waals surface area contributed by atoms with Crippen LogP contribution in [0.5, 0.6) is 0 Å². The van der Waals surface area contributed by atoms with Crippen LogP contribution in [0.4, 0.5) is 0 Å². The molecule has 9 aromatic rings. The molecule has 2 nitrogen and oxygen atoms in total. The zero-order chi connectivity index (χ0) is 34.3. The molecular weight excluding hydrogens is 635 g/mol. The van der Waals surface area contributed by atoms with Gasteiger partial charge in [0.25, 0.3) is 0 Å². The van der Waals surface area contributed by atoms with E-state index in [1.54, 1.807) is 0 Å². The van der Waals surface area contributed by atoms with E-state index in [1.807, 2.05) is 0 Å². The van der Waals surface area contributed by atoms with Crippen molar-refractivity contribution >= 4 is 57.0 Å². The zero-order valence-corrected chi connectivity index (χ0v) is 30.3. The number of benzene rings is 7. The monoisotopic (exact) mass is 673 g/mol. The van der Waals surface area contributed by atoms with Crippen molar-refractivity contribution in [3.8, 4) is 27.9 Å². The number of furan rings is 1. The molecule has 0 saturated heterocycles. The number of nitrogens with zero attached hydrogens (tertiary/aromatic N) is 1. The molecule has 7 aromatic carbocycles. The highest BCUT2D eigenvalue weighted by molar-refractivity contribution is 6.90. The van der Waals surface area contributed by atoms with Crippen LogP contribution in [0, 0.1) is 0 Å². The fourth-order valence-corrected chi connectivity index (χ4v) is 10.2. The molecule has 0 aliphatic heterocycles. The van der Waals surface area contributed by atoms with Gasteiger partial charge in [-0.15, -0.1) is 0 Å². The largest absolute Gasteiger partial charge is 0.456 e. The van der Waals surface area contributed by atoms with Crippen molar-refractivity contribution in [2.24, 2.45) is 0 Å². The van der Waals surface area contributed by atoms with Crippen molar-refractivity contribution < 1.29 is 4.42 Å². The Bertz CT molecular complexity index is 2800. The third kappa shape index (κ3) is 4.76. The average Bonchev–Trinajstić information content (AvgIpc) is 3.65. The van der Waals surface area contributed by atoms with Crippen LogP contribution in [0.25, 0.3) is 71.7 Å². The van der Waals surface area contributed by atoms with E-state index < -0.39 is 8.07 Å². The molecule has 10 rings (SSSR count). The average molecular weight is 674 g/mol. The topological polar surface area (TPSA) is 18.1 Å². The summed E-state index contributed by atoms with van der Waals surface area (Å²) in [5.74, 6) is 0.233. The number of para-hydroxylation sites is 4. The van der Waals surface area contributed by atoms with E-state index in [4.69, 9.17) is 4.42 Å². The zero-order valence-electron chi connectivity index (χ0n) is 29.3. The summed E-state index contributed by atoms with van der Waals surface area (Å²) in [4.78, 5) is 0. The molecule has 246 valence electrons. The highest BCUT2D eigenvalue weighted by Gasteiger charge is 2.28. The molecule has 2 aromatic heterocycles. The van der Waals surface area contributed by atoms with Gasteiger partial charge in [-0.05, 0) is 87.8 Å². The Kier molecular flexibility index (Phi) is 6.78. The van der Waals surface area contributed by atoms with Gasteiger partial charge in [-0.25, -0.2) is 0 Å². The SMILES string of the molecule is C[Si](C)(C)c1cccc2c1oc1c(C3CCc4ccc(-c5ccc6c(c5)c5ccccc5n6-c5ccccc5)cc4-c4ccccc43)cccc12. The van der Waals surface area contributed by atoms with Crippen LogP contribution < -0.4 is 5.19 Å². The summed E-state index contributed by atoms with van der Waals surface area (Å²) >= 11 is 0. The number of aromatic nitrogens is 1. The van der Waals surface area contributed by atoms with Crippen molar-refractivity contribution in [3.05, 3.63) is 168 Å². The van der Waals surface area contributed by atoms with Crippen molar-refractivity contribution in [2.75, 3.05) is 0 Å². The fraction of sp³-hybridized carbons (Fsp3) is 0.125. The van der Waals surface area contributed by atoms with Crippen LogP contribution in [0.1, 0.15) is 29.0 Å². The van der Waals surface area contributed by atoms with Crippen LogP contribution >= 0.6 is 0 Å². The summed E-state index contributed by atoms with van der Waals surface area (Å²) in [6.07, 6.45) is 2.04. The fourth-order valence-electron chi connectivity index (χ4n) is 8.76. The van der Waals surface area contributed by atoms with Gasteiger partial charge < -0.3 is 8.98 Å². The quantitative estimate of drug-likeness (QED) is 0.170. The first-order valence-corrected chi connectivity index (χ1v) is 21.7. The van der Waals surface area contributed by atoms with E-state index in [2.05, 4.69) is 176 Å². The molecule has 0 spiro atoms. The second-order valence-electron chi connectivity index (χ2n) is 15.2. The molecule has 0 N–H and O–H groups in total. The summed E-state index contributed by atoms with van der Waals surface area (Å²) in [5.41, 5.74) is 15.0. The molecule has 1 aliphatic carbocycles. The van der Waals surface area contributed by atoms with Gasteiger partial charge in [-0.2, -0.15) is 0 Å². The summed E-state index contributed by atoms with van der Waals surface area (Å²) in [6, 6.07) is 56.2. The maximum absolute atomic E-state index is 6.93. The number of hydrogen-bond donors (Lipinski definition) is 0. The first-order chi connectivity index (χ1) is 24.9. The molecular formula is C48H39NOSi. The van der Waals surface area contributed by atoms with E-state index in [1.165, 1.54) is 82.4 Å². The highest BCUT2D eigenvalue weighted by atomic mass is 28.3. The second kappa shape index (κ2) is 11.4. The Hall–Kier alpha value is -5.64. The van der Waals surface area contributed by atoms with E-state index in [-0.39, 0.29) is 5.92 Å². The van der Waals surface area contributed by atoms with Crippen molar-refractivity contribution in [1.82, 2.24) is 4.57 Å². The van der Waals surface area contributed by atoms with Gasteiger partial charge in [0.1, 0.15) is 11.2 Å². The molecule has 2 heterocycles. The minimum Gasteiger partial charge on any atom is -0.456 e. The van der Waals surface area contributed by atoms with E-state index >= 15 is 0 Å². The molecule has 3 heteroatoms. The summed E-state index contributed by atoms with van der Waals surface area (Å²) in [6.45, 7) is 7.22. The second-order valence-corrected chi connectivity index (χ2v) is 20.3. The number of aryl methyl sites for hydroxylation is 1. The Morgan fingerprint density at radius 2 is 1.20 bits per heavy atom. The molecule has 1 aliphatic rings. The molecule has 0 saturated carbocycles. The van der Waals surface area contributed by atoms with Crippen LogP contribution in [0.15, 0.2) is 156 Å². The molecule has 1 atom stereocenters. The highest BCUT2D eigenvalue weighted by Crippen LogP contribution is 2.46. The van der Waals surface area contributed by atoms with Crippen molar-refractivity contribution in [1.29, 1.82) is 0 Å². The molecule has 51 heavy (non-hydrogen) atoms. The third-order valence-corrected chi connectivity index (χ3v) is 13.2. The third-order valence-electron chi connectivity index (χ3n) is 11.2. The normalized spacial score (nSPS) is 14.6. The summed E-state index contributed by atoms with van der Waals surface area (Å²) in [7, 11) is -1.60. The van der Waals surface area contributed by atoms with E-state index in [9.17, 15) is 0 Å². The van der Waals surface area contributed by atoms with E-state index in [0.717, 1.165) is 24.0 Å². The van der Waals surface area contributed by atoms with Gasteiger partial charge >= 0.3 is 0 Å². The summed E-state index contributed by atoms with van der Waals surface area (Å²) in [5, 5.41) is 6.42. The Balaban J connectivity index is 1.11. The van der Waals surface area contributed by atoms with Crippen LogP contribution in [0.2, 0.25) is 19.6 Å². The number of rotatable bonds is 4. The smallest absolute Gasteiger partial charge is 0.139 e. The lowest BCUT2D eigenvalue weighted by Gasteiger charge is -2.19. The molecule has 0 bridgehead atoms. The first-order valence-electron chi connectivity index (χ1n) is 18.2. The molecule has 0 radical (unpaired) electrons. The predicted octanol–water partition coefficient (Wildman–Crippen LogP) is 12.6. The van der Waals surface area contributed by atoms with Gasteiger partial charge in [0.15, 0.2) is 0 Å². The first kappa shape index (κ1) is 30.2. The van der Waals surface area contributed by atoms with Crippen molar-refractivity contribution in [2.45, 2.75) is 38.4 Å². The Morgan fingerprint density at radius 3 is 2.06 bits per heavy atom. The van der Waals surface area contributed by atoms with E-state index in [0.29, 0.717) is 0 Å². The molecule has 0 amide bonds. The maximum atomic E-state index is 6.93. The lowest BCUT2D eigenvalue weighted by molar-refractivity contribution is 0.649. The Labute approximate surface area is 299 Å². The Morgan fingerprint density at radius 1 is 0.529 bits per heavy atom. The van der Waals surface area contributed by atoms with Gasteiger partial charge in [-0.3, -0.25) is 0 Å². The van der Waals surface area contributed by atoms with Crippen LogP contribution in [-0.2, 0) is 6.42 Å². The standard InChI is InChI=1S/C48H39NOSi/c1-51(2,3)46-22-12-20-41-40-19-11-18-39(47(40)50-48(41)46)37-27-25-31-23-24-32(29-42(31)36-16-8-7-15-35(36)37)33-26-28-45-43(30-33)38-17-9-10-21-44(38)49(45)34-13-5-4-6-14-34/h4-24,26,28-30,37H,25,27H2,1-3H3. The molecule has 0 fully saturated rings. The van der Waals surface area contributed by atoms with Gasteiger partial charge in [0.05, 0.1) is 19.1 Å². The lowest BCUT2D eigenvalue weighted by Crippen LogP contribution is -2.37. The number of fused-ring (bicyclic) bond motifs is 9.